The molecule has 0 aliphatic rings. The quantitative estimate of drug-likeness (QED) is 0.610. The monoisotopic (exact) mass is 355 g/mol. The Labute approximate surface area is 152 Å². The smallest absolute Gasteiger partial charge is 0.344 e. The molecular weight excluding hydrogens is 334 g/mol. The molecule has 2 aromatic rings. The van der Waals surface area contributed by atoms with Crippen LogP contribution in [0.25, 0.3) is 0 Å². The second-order valence-corrected chi connectivity index (χ2v) is 5.85. The van der Waals surface area contributed by atoms with Crippen LogP contribution in [0.1, 0.15) is 28.4 Å². The van der Waals surface area contributed by atoms with Gasteiger partial charge in [0.25, 0.3) is 5.91 Å². The lowest BCUT2D eigenvalue weighted by atomic mass is 10.1. The Kier molecular flexibility index (Phi) is 6.49. The number of ketones is 1. The molecule has 0 aliphatic heterocycles. The highest BCUT2D eigenvalue weighted by atomic mass is 16.6. The number of ether oxygens (including phenoxy) is 2. The number of anilines is 1. The molecule has 2 rings (SSSR count). The van der Waals surface area contributed by atoms with E-state index < -0.39 is 18.5 Å². The molecule has 0 aromatic heterocycles. The summed E-state index contributed by atoms with van der Waals surface area (Å²) in [4.78, 5) is 35.2. The SMILES string of the molecule is CC(=O)c1ccccc1NC(=O)COC(=O)COc1ccc(C)c(C)c1. The maximum Gasteiger partial charge on any atom is 0.344 e. The summed E-state index contributed by atoms with van der Waals surface area (Å²) < 4.78 is 10.2. The van der Waals surface area contributed by atoms with Crippen LogP contribution in [0.4, 0.5) is 5.69 Å². The van der Waals surface area contributed by atoms with E-state index in [1.807, 2.05) is 26.0 Å². The number of amides is 1. The number of carbonyl (C=O) groups excluding carboxylic acids is 3. The van der Waals surface area contributed by atoms with E-state index in [2.05, 4.69) is 5.32 Å². The number of benzene rings is 2. The van der Waals surface area contributed by atoms with Gasteiger partial charge in [-0.15, -0.1) is 0 Å². The van der Waals surface area contributed by atoms with Crippen molar-refractivity contribution in [3.05, 3.63) is 59.2 Å². The maximum absolute atomic E-state index is 11.9. The first-order valence-electron chi connectivity index (χ1n) is 8.12. The molecule has 136 valence electrons. The Balaban J connectivity index is 1.81. The molecule has 6 nitrogen and oxygen atoms in total. The summed E-state index contributed by atoms with van der Waals surface area (Å²) in [6, 6.07) is 12.1. The topological polar surface area (TPSA) is 81.7 Å². The zero-order valence-corrected chi connectivity index (χ0v) is 15.0. The molecule has 0 spiro atoms. The molecule has 1 N–H and O–H groups in total. The van der Waals surface area contributed by atoms with Gasteiger partial charge in [0.2, 0.25) is 0 Å². The van der Waals surface area contributed by atoms with Gasteiger partial charge in [-0.3, -0.25) is 9.59 Å². The van der Waals surface area contributed by atoms with Crippen LogP contribution < -0.4 is 10.1 Å². The largest absolute Gasteiger partial charge is 0.482 e. The molecular formula is C20H21NO5. The Morgan fingerprint density at radius 1 is 0.962 bits per heavy atom. The number of hydrogen-bond acceptors (Lipinski definition) is 5. The van der Waals surface area contributed by atoms with Crippen LogP contribution in [0.15, 0.2) is 42.5 Å². The van der Waals surface area contributed by atoms with Gasteiger partial charge in [-0.05, 0) is 56.2 Å². The van der Waals surface area contributed by atoms with Crippen molar-refractivity contribution in [1.82, 2.24) is 0 Å². The van der Waals surface area contributed by atoms with Crippen molar-refractivity contribution in [2.45, 2.75) is 20.8 Å². The van der Waals surface area contributed by atoms with E-state index in [0.29, 0.717) is 17.0 Å². The van der Waals surface area contributed by atoms with Gasteiger partial charge in [0.05, 0.1) is 5.69 Å². The lowest BCUT2D eigenvalue weighted by Crippen LogP contribution is -2.24. The van der Waals surface area contributed by atoms with Crippen LogP contribution in [0, 0.1) is 13.8 Å². The lowest BCUT2D eigenvalue weighted by molar-refractivity contribution is -0.149. The average Bonchev–Trinajstić information content (AvgIpc) is 2.61. The van der Waals surface area contributed by atoms with Gasteiger partial charge in [-0.25, -0.2) is 4.79 Å². The molecule has 6 heteroatoms. The van der Waals surface area contributed by atoms with E-state index in [1.54, 1.807) is 30.3 Å². The molecule has 0 unspecified atom stereocenters. The fourth-order valence-electron chi connectivity index (χ4n) is 2.22. The van der Waals surface area contributed by atoms with E-state index >= 15 is 0 Å². The molecule has 2 aromatic carbocycles. The van der Waals surface area contributed by atoms with Crippen molar-refractivity contribution in [3.8, 4) is 5.75 Å². The first-order chi connectivity index (χ1) is 12.4. The fraction of sp³-hybridized carbons (Fsp3) is 0.250. The first-order valence-corrected chi connectivity index (χ1v) is 8.12. The molecule has 0 saturated carbocycles. The highest BCUT2D eigenvalue weighted by Gasteiger charge is 2.12. The number of carbonyl (C=O) groups is 3. The molecule has 0 aliphatic carbocycles. The van der Waals surface area contributed by atoms with E-state index in [0.717, 1.165) is 11.1 Å². The number of Topliss-reactive ketones (excluding diaryl/α,β-unsaturated/α-hetero) is 1. The number of rotatable bonds is 7. The van der Waals surface area contributed by atoms with Crippen LogP contribution in [-0.2, 0) is 14.3 Å². The van der Waals surface area contributed by atoms with E-state index in [9.17, 15) is 14.4 Å². The molecule has 0 saturated heterocycles. The second-order valence-electron chi connectivity index (χ2n) is 5.85. The van der Waals surface area contributed by atoms with E-state index in [-0.39, 0.29) is 12.4 Å². The number of aryl methyl sites for hydroxylation is 2. The third kappa shape index (κ3) is 5.44. The average molecular weight is 355 g/mol. The molecule has 0 bridgehead atoms. The number of para-hydroxylation sites is 1. The van der Waals surface area contributed by atoms with Gasteiger partial charge in [0, 0.05) is 5.56 Å². The zero-order valence-electron chi connectivity index (χ0n) is 15.0. The first kappa shape index (κ1) is 19.2. The van der Waals surface area contributed by atoms with Crippen molar-refractivity contribution < 1.29 is 23.9 Å². The molecule has 26 heavy (non-hydrogen) atoms. The summed E-state index contributed by atoms with van der Waals surface area (Å²) >= 11 is 0. The summed E-state index contributed by atoms with van der Waals surface area (Å²) in [7, 11) is 0. The van der Waals surface area contributed by atoms with Gasteiger partial charge in [-0.2, -0.15) is 0 Å². The Hall–Kier alpha value is -3.15. The van der Waals surface area contributed by atoms with Gasteiger partial charge in [0.15, 0.2) is 19.0 Å². The minimum atomic E-state index is -0.654. The van der Waals surface area contributed by atoms with Crippen molar-refractivity contribution in [1.29, 1.82) is 0 Å². The molecule has 0 heterocycles. The van der Waals surface area contributed by atoms with Crippen molar-refractivity contribution in [2.24, 2.45) is 0 Å². The summed E-state index contributed by atoms with van der Waals surface area (Å²) in [5.41, 5.74) is 2.96. The summed E-state index contributed by atoms with van der Waals surface area (Å²) in [5, 5.41) is 2.56. The summed E-state index contributed by atoms with van der Waals surface area (Å²) in [5.74, 6) is -0.791. The van der Waals surface area contributed by atoms with Crippen LogP contribution >= 0.6 is 0 Å². The summed E-state index contributed by atoms with van der Waals surface area (Å²) in [6.45, 7) is 4.59. The third-order valence-electron chi connectivity index (χ3n) is 3.78. The normalized spacial score (nSPS) is 10.1. The van der Waals surface area contributed by atoms with Gasteiger partial charge in [-0.1, -0.05) is 18.2 Å². The standard InChI is InChI=1S/C20H21NO5/c1-13-8-9-16(10-14(13)2)25-12-20(24)26-11-19(23)21-18-7-5-4-6-17(18)15(3)22/h4-10H,11-12H2,1-3H3,(H,21,23). The van der Waals surface area contributed by atoms with Crippen LogP contribution in [0.3, 0.4) is 0 Å². The van der Waals surface area contributed by atoms with Crippen LogP contribution in [0.2, 0.25) is 0 Å². The Morgan fingerprint density at radius 3 is 2.38 bits per heavy atom. The third-order valence-corrected chi connectivity index (χ3v) is 3.78. The molecule has 0 atom stereocenters. The molecule has 0 radical (unpaired) electrons. The van der Waals surface area contributed by atoms with Crippen LogP contribution in [0.5, 0.6) is 5.75 Å². The Bertz CT molecular complexity index is 829. The second kappa shape index (κ2) is 8.80. The number of nitrogens with one attached hydrogen (secondary N) is 1. The van der Waals surface area contributed by atoms with Crippen molar-refractivity contribution >= 4 is 23.3 Å². The lowest BCUT2D eigenvalue weighted by Gasteiger charge is -2.10. The van der Waals surface area contributed by atoms with Crippen molar-refractivity contribution in [3.63, 3.8) is 0 Å². The summed E-state index contributed by atoms with van der Waals surface area (Å²) in [6.07, 6.45) is 0. The number of hydrogen-bond donors (Lipinski definition) is 1. The highest BCUT2D eigenvalue weighted by Crippen LogP contribution is 2.17. The highest BCUT2D eigenvalue weighted by molar-refractivity contribution is 6.04. The van der Waals surface area contributed by atoms with E-state index in [4.69, 9.17) is 9.47 Å². The number of esters is 1. The molecule has 1 amide bonds. The molecule has 0 fully saturated rings. The van der Waals surface area contributed by atoms with Crippen LogP contribution in [-0.4, -0.2) is 30.9 Å². The van der Waals surface area contributed by atoms with Gasteiger partial charge < -0.3 is 14.8 Å². The Morgan fingerprint density at radius 2 is 1.69 bits per heavy atom. The van der Waals surface area contributed by atoms with Gasteiger partial charge in [0.1, 0.15) is 5.75 Å². The minimum Gasteiger partial charge on any atom is -0.482 e. The van der Waals surface area contributed by atoms with Gasteiger partial charge >= 0.3 is 5.97 Å². The predicted octanol–water partition coefficient (Wildman–Crippen LogP) is 3.07. The zero-order chi connectivity index (χ0) is 19.1. The fourth-order valence-corrected chi connectivity index (χ4v) is 2.22. The predicted molar refractivity (Wildman–Crippen MR) is 97.4 cm³/mol. The minimum absolute atomic E-state index is 0.167. The maximum atomic E-state index is 11.9. The van der Waals surface area contributed by atoms with Crippen molar-refractivity contribution in [2.75, 3.05) is 18.5 Å². The van der Waals surface area contributed by atoms with E-state index in [1.165, 1.54) is 6.92 Å².